The lowest BCUT2D eigenvalue weighted by molar-refractivity contribution is 0.843. The second kappa shape index (κ2) is 7.32. The maximum Gasteiger partial charge on any atom is 0.0461 e. The van der Waals surface area contributed by atoms with Gasteiger partial charge in [0.05, 0.1) is 0 Å². The van der Waals surface area contributed by atoms with Gasteiger partial charge in [-0.2, -0.15) is 0 Å². The van der Waals surface area contributed by atoms with Crippen molar-refractivity contribution in [1.82, 2.24) is 0 Å². The van der Waals surface area contributed by atoms with Crippen molar-refractivity contribution in [2.45, 2.75) is 12.3 Å². The van der Waals surface area contributed by atoms with Crippen molar-refractivity contribution in [1.29, 1.82) is 0 Å². The van der Waals surface area contributed by atoms with Gasteiger partial charge in [0, 0.05) is 28.7 Å². The number of anilines is 3. The van der Waals surface area contributed by atoms with Gasteiger partial charge in [0.25, 0.3) is 0 Å². The van der Waals surface area contributed by atoms with Crippen LogP contribution in [0, 0.1) is 0 Å². The first-order valence-corrected chi connectivity index (χ1v) is 8.95. The van der Waals surface area contributed by atoms with E-state index in [0.29, 0.717) is 5.92 Å². The number of nitrogens with zero attached hydrogens (tertiary/aromatic N) is 1. The number of allylic oxidation sites excluding steroid dienone is 3. The number of rotatable bonds is 4. The lowest BCUT2D eigenvalue weighted by Gasteiger charge is -2.26. The Morgan fingerprint density at radius 3 is 1.73 bits per heavy atom. The minimum atomic E-state index is 0.401. The van der Waals surface area contributed by atoms with Crippen molar-refractivity contribution in [3.63, 3.8) is 0 Å². The van der Waals surface area contributed by atoms with Crippen LogP contribution in [-0.4, -0.2) is 0 Å². The minimum Gasteiger partial charge on any atom is -0.399 e. The van der Waals surface area contributed by atoms with Crippen molar-refractivity contribution >= 4 is 17.1 Å². The SMILES string of the molecule is NC1=CCC(c2ccc(N(c3ccccc3)c3ccccc3)cc2)C=C1. The molecule has 2 N–H and O–H groups in total. The Bertz CT molecular complexity index is 870. The highest BCUT2D eigenvalue weighted by atomic mass is 15.1. The van der Waals surface area contributed by atoms with Crippen LogP contribution in [0.2, 0.25) is 0 Å². The van der Waals surface area contributed by atoms with Gasteiger partial charge in [-0.15, -0.1) is 0 Å². The van der Waals surface area contributed by atoms with Crippen LogP contribution in [-0.2, 0) is 0 Å². The summed E-state index contributed by atoms with van der Waals surface area (Å²) < 4.78 is 0. The van der Waals surface area contributed by atoms with Crippen molar-refractivity contribution in [2.75, 3.05) is 4.90 Å². The molecule has 0 amide bonds. The fourth-order valence-electron chi connectivity index (χ4n) is 3.36. The lowest BCUT2D eigenvalue weighted by atomic mass is 9.91. The summed E-state index contributed by atoms with van der Waals surface area (Å²) in [6, 6.07) is 29.8. The van der Waals surface area contributed by atoms with Crippen molar-refractivity contribution in [3.8, 4) is 0 Å². The zero-order valence-corrected chi connectivity index (χ0v) is 14.6. The summed E-state index contributed by atoms with van der Waals surface area (Å²) in [6.07, 6.45) is 7.25. The van der Waals surface area contributed by atoms with E-state index in [1.165, 1.54) is 5.56 Å². The van der Waals surface area contributed by atoms with Crippen LogP contribution in [0.25, 0.3) is 0 Å². The molecule has 0 aromatic heterocycles. The summed E-state index contributed by atoms with van der Waals surface area (Å²) in [7, 11) is 0. The van der Waals surface area contributed by atoms with Crippen molar-refractivity contribution in [2.24, 2.45) is 5.73 Å². The van der Waals surface area contributed by atoms with E-state index in [4.69, 9.17) is 5.73 Å². The molecule has 3 aromatic carbocycles. The standard InChI is InChI=1S/C24H22N2/c25-21-15-11-19(12-16-21)20-13-17-24(18-14-20)26(22-7-3-1-4-8-22)23-9-5-2-6-10-23/h1-11,13-19H,12,25H2. The van der Waals surface area contributed by atoms with E-state index >= 15 is 0 Å². The number of nitrogens with two attached hydrogens (primary N) is 1. The van der Waals surface area contributed by atoms with Crippen LogP contribution in [0.3, 0.4) is 0 Å². The topological polar surface area (TPSA) is 29.3 Å². The highest BCUT2D eigenvalue weighted by molar-refractivity contribution is 5.76. The van der Waals surface area contributed by atoms with E-state index < -0.39 is 0 Å². The van der Waals surface area contributed by atoms with E-state index in [2.05, 4.69) is 89.8 Å². The molecule has 26 heavy (non-hydrogen) atoms. The predicted octanol–water partition coefficient (Wildman–Crippen LogP) is 6.04. The minimum absolute atomic E-state index is 0.401. The molecule has 0 saturated carbocycles. The van der Waals surface area contributed by atoms with Crippen LogP contribution in [0.1, 0.15) is 17.9 Å². The molecule has 1 atom stereocenters. The van der Waals surface area contributed by atoms with Crippen LogP contribution in [0.4, 0.5) is 17.1 Å². The van der Waals surface area contributed by atoms with Crippen LogP contribution in [0.15, 0.2) is 109 Å². The second-order valence-electron chi connectivity index (χ2n) is 6.50. The van der Waals surface area contributed by atoms with Gasteiger partial charge in [-0.05, 0) is 54.5 Å². The highest BCUT2D eigenvalue weighted by Gasteiger charge is 2.14. The molecule has 2 heteroatoms. The second-order valence-corrected chi connectivity index (χ2v) is 6.50. The normalized spacial score (nSPS) is 16.2. The Hall–Kier alpha value is -3.26. The van der Waals surface area contributed by atoms with E-state index in [1.54, 1.807) is 0 Å². The van der Waals surface area contributed by atoms with Gasteiger partial charge >= 0.3 is 0 Å². The van der Waals surface area contributed by atoms with Gasteiger partial charge in [0.15, 0.2) is 0 Å². The van der Waals surface area contributed by atoms with E-state index in [-0.39, 0.29) is 0 Å². The van der Waals surface area contributed by atoms with Gasteiger partial charge in [-0.25, -0.2) is 0 Å². The third kappa shape index (κ3) is 3.40. The largest absolute Gasteiger partial charge is 0.399 e. The lowest BCUT2D eigenvalue weighted by Crippen LogP contribution is -2.10. The van der Waals surface area contributed by atoms with Crippen LogP contribution < -0.4 is 10.6 Å². The summed E-state index contributed by atoms with van der Waals surface area (Å²) >= 11 is 0. The Labute approximate surface area is 154 Å². The molecule has 0 radical (unpaired) electrons. The fraction of sp³-hybridized carbons (Fsp3) is 0.0833. The van der Waals surface area contributed by atoms with Gasteiger partial charge in [0.2, 0.25) is 0 Å². The van der Waals surface area contributed by atoms with Gasteiger partial charge in [-0.1, -0.05) is 60.7 Å². The quantitative estimate of drug-likeness (QED) is 0.628. The number of para-hydroxylation sites is 2. The van der Waals surface area contributed by atoms with E-state index in [0.717, 1.165) is 29.2 Å². The first-order valence-electron chi connectivity index (χ1n) is 8.95. The molecule has 0 heterocycles. The predicted molar refractivity (Wildman–Crippen MR) is 110 cm³/mol. The zero-order chi connectivity index (χ0) is 17.8. The molecule has 0 bridgehead atoms. The van der Waals surface area contributed by atoms with E-state index in [1.807, 2.05) is 18.2 Å². The summed E-state index contributed by atoms with van der Waals surface area (Å²) in [5, 5.41) is 0. The van der Waals surface area contributed by atoms with Crippen molar-refractivity contribution < 1.29 is 0 Å². The van der Waals surface area contributed by atoms with Crippen LogP contribution in [0.5, 0.6) is 0 Å². The molecular weight excluding hydrogens is 316 g/mol. The first-order chi connectivity index (χ1) is 12.8. The number of benzene rings is 3. The molecule has 128 valence electrons. The maximum absolute atomic E-state index is 5.84. The summed E-state index contributed by atoms with van der Waals surface area (Å²) in [5.74, 6) is 0.401. The Balaban J connectivity index is 1.68. The molecular formula is C24H22N2. The Morgan fingerprint density at radius 2 is 1.23 bits per heavy atom. The van der Waals surface area contributed by atoms with Gasteiger partial charge in [0.1, 0.15) is 0 Å². The molecule has 0 spiro atoms. The first kappa shape index (κ1) is 16.2. The Kier molecular flexibility index (Phi) is 4.57. The molecule has 4 rings (SSSR count). The third-order valence-corrected chi connectivity index (χ3v) is 4.74. The molecule has 0 saturated heterocycles. The third-order valence-electron chi connectivity index (χ3n) is 4.74. The maximum atomic E-state index is 5.84. The van der Waals surface area contributed by atoms with Crippen LogP contribution >= 0.6 is 0 Å². The summed E-state index contributed by atoms with van der Waals surface area (Å²) in [4.78, 5) is 2.28. The van der Waals surface area contributed by atoms with Crippen molar-refractivity contribution in [3.05, 3.63) is 114 Å². The number of hydrogen-bond donors (Lipinski definition) is 1. The molecule has 0 fully saturated rings. The zero-order valence-electron chi connectivity index (χ0n) is 14.6. The molecule has 1 aliphatic carbocycles. The van der Waals surface area contributed by atoms with Gasteiger partial charge in [-0.3, -0.25) is 0 Å². The molecule has 3 aromatic rings. The molecule has 0 aliphatic heterocycles. The summed E-state index contributed by atoms with van der Waals surface area (Å²) in [5.41, 5.74) is 11.5. The smallest absolute Gasteiger partial charge is 0.0461 e. The summed E-state index contributed by atoms with van der Waals surface area (Å²) in [6.45, 7) is 0. The molecule has 1 unspecified atom stereocenters. The average Bonchev–Trinajstić information content (AvgIpc) is 2.71. The fourth-order valence-corrected chi connectivity index (χ4v) is 3.36. The van der Waals surface area contributed by atoms with E-state index in [9.17, 15) is 0 Å². The highest BCUT2D eigenvalue weighted by Crippen LogP contribution is 2.35. The average molecular weight is 338 g/mol. The van der Waals surface area contributed by atoms with Gasteiger partial charge < -0.3 is 10.6 Å². The Morgan fingerprint density at radius 1 is 0.692 bits per heavy atom. The monoisotopic (exact) mass is 338 g/mol. The number of hydrogen-bond acceptors (Lipinski definition) is 2. The molecule has 1 aliphatic rings. The molecule has 2 nitrogen and oxygen atoms in total.